The number of nitrogens with two attached hydrogens (primary N) is 1. The molecule has 0 radical (unpaired) electrons. The van der Waals surface area contributed by atoms with Crippen LogP contribution < -0.4 is 11.1 Å². The number of nitrogens with zero attached hydrogens (tertiary/aromatic N) is 1. The second-order valence-electron chi connectivity index (χ2n) is 4.60. The quantitative estimate of drug-likeness (QED) is 0.395. The third-order valence-corrected chi connectivity index (χ3v) is 2.92. The summed E-state index contributed by atoms with van der Waals surface area (Å²) in [5, 5.41) is 3.20. The Morgan fingerprint density at radius 2 is 2.06 bits per heavy atom. The molecule has 0 saturated heterocycles. The van der Waals surface area contributed by atoms with Crippen molar-refractivity contribution in [3.8, 4) is 0 Å². The highest BCUT2D eigenvalue weighted by Crippen LogP contribution is 2.04. The summed E-state index contributed by atoms with van der Waals surface area (Å²) < 4.78 is 0. The first-order chi connectivity index (χ1) is 8.54. The fourth-order valence-electron chi connectivity index (χ4n) is 1.87. The number of ketones is 1. The van der Waals surface area contributed by atoms with Gasteiger partial charge in [0.05, 0.1) is 6.54 Å². The zero-order chi connectivity index (χ0) is 14.0. The summed E-state index contributed by atoms with van der Waals surface area (Å²) in [5.41, 5.74) is 5.46. The maximum absolute atomic E-state index is 11.8. The van der Waals surface area contributed by atoms with Crippen molar-refractivity contribution in [3.63, 3.8) is 0 Å². The molecule has 1 amide bonds. The maximum Gasteiger partial charge on any atom is 0.215 e. The highest BCUT2D eigenvalue weighted by Gasteiger charge is 2.17. The lowest BCUT2D eigenvalue weighted by molar-refractivity contribution is -0.133. The summed E-state index contributed by atoms with van der Waals surface area (Å²) in [5.74, 6) is 0.0536. The number of hydrogen-bond acceptors (Lipinski definition) is 4. The van der Waals surface area contributed by atoms with Gasteiger partial charge in [-0.1, -0.05) is 6.42 Å². The van der Waals surface area contributed by atoms with Gasteiger partial charge in [-0.05, 0) is 39.7 Å². The van der Waals surface area contributed by atoms with Gasteiger partial charge in [0.1, 0.15) is 13.6 Å². The first-order valence-electron chi connectivity index (χ1n) is 6.69. The molecule has 0 saturated carbocycles. The van der Waals surface area contributed by atoms with E-state index in [1.54, 1.807) is 4.90 Å². The minimum absolute atomic E-state index is 0.0219. The van der Waals surface area contributed by atoms with Crippen LogP contribution in [-0.2, 0) is 9.59 Å². The van der Waals surface area contributed by atoms with E-state index in [1.165, 1.54) is 6.92 Å². The number of nitrogens with one attached hydrogen (secondary N) is 1. The molecule has 0 aromatic heterocycles. The van der Waals surface area contributed by atoms with Gasteiger partial charge in [-0.2, -0.15) is 0 Å². The molecule has 5 nitrogen and oxygen atoms in total. The molecule has 0 fully saturated rings. The average molecular weight is 255 g/mol. The van der Waals surface area contributed by atoms with E-state index in [9.17, 15) is 9.59 Å². The number of carbonyl (C=O) groups excluding carboxylic acids is 2. The van der Waals surface area contributed by atoms with E-state index in [0.717, 1.165) is 19.3 Å². The first-order valence-corrected chi connectivity index (χ1v) is 6.69. The number of Topliss-reactive ketones (excluding diaryl/α,β-unsaturated/α-hetero) is 1. The molecule has 0 aromatic carbocycles. The number of unbranched alkanes of at least 4 members (excludes halogenated alkanes) is 1. The standard InChI is InChI=1S/C12H26BN3O2/c1-10(17)8-16(12(18)7-13)9-11(15-2)5-3-4-6-14/h11,15H,3-9,13-14H2,1-2H3/t11-/m0/s1. The van der Waals surface area contributed by atoms with Crippen LogP contribution in [0.4, 0.5) is 0 Å². The molecule has 0 rings (SSSR count). The molecule has 0 aliphatic carbocycles. The smallest absolute Gasteiger partial charge is 0.215 e. The molecule has 0 heterocycles. The third kappa shape index (κ3) is 7.45. The molecule has 0 aromatic rings. The van der Waals surface area contributed by atoms with Crippen LogP contribution in [0, 0.1) is 0 Å². The summed E-state index contributed by atoms with van der Waals surface area (Å²) in [6, 6.07) is 0.228. The summed E-state index contributed by atoms with van der Waals surface area (Å²) >= 11 is 0. The molecular formula is C12H26BN3O2. The SMILES string of the molecule is BCC(=O)N(CC(C)=O)C[C@H](CCCCN)NC. The lowest BCUT2D eigenvalue weighted by Crippen LogP contribution is -2.44. The molecule has 0 aliphatic heterocycles. The first kappa shape index (κ1) is 17.1. The van der Waals surface area contributed by atoms with Crippen molar-refractivity contribution in [1.82, 2.24) is 10.2 Å². The van der Waals surface area contributed by atoms with Gasteiger partial charge in [0.2, 0.25) is 5.91 Å². The van der Waals surface area contributed by atoms with Crippen molar-refractivity contribution >= 4 is 19.5 Å². The molecule has 6 heteroatoms. The van der Waals surface area contributed by atoms with E-state index in [4.69, 9.17) is 5.73 Å². The van der Waals surface area contributed by atoms with Gasteiger partial charge in [0.25, 0.3) is 0 Å². The Morgan fingerprint density at radius 3 is 2.50 bits per heavy atom. The van der Waals surface area contributed by atoms with Gasteiger partial charge in [-0.15, -0.1) is 0 Å². The normalized spacial score (nSPS) is 12.2. The minimum Gasteiger partial charge on any atom is -0.334 e. The second-order valence-corrected chi connectivity index (χ2v) is 4.60. The van der Waals surface area contributed by atoms with Crippen molar-refractivity contribution in [1.29, 1.82) is 0 Å². The highest BCUT2D eigenvalue weighted by molar-refractivity contribution is 6.19. The van der Waals surface area contributed by atoms with Crippen LogP contribution in [0.3, 0.4) is 0 Å². The van der Waals surface area contributed by atoms with Crippen LogP contribution >= 0.6 is 0 Å². The van der Waals surface area contributed by atoms with Crippen LogP contribution in [0.25, 0.3) is 0 Å². The Labute approximate surface area is 111 Å². The summed E-state index contributed by atoms with van der Waals surface area (Å²) in [6.45, 7) is 3.01. The van der Waals surface area contributed by atoms with Crippen molar-refractivity contribution in [2.45, 2.75) is 38.5 Å². The zero-order valence-corrected chi connectivity index (χ0v) is 11.9. The predicted octanol–water partition coefficient (Wildman–Crippen LogP) is -0.828. The lowest BCUT2D eigenvalue weighted by Gasteiger charge is -2.26. The van der Waals surface area contributed by atoms with Crippen LogP contribution in [0.1, 0.15) is 26.2 Å². The van der Waals surface area contributed by atoms with Gasteiger partial charge >= 0.3 is 0 Å². The van der Waals surface area contributed by atoms with Gasteiger partial charge in [-0.25, -0.2) is 0 Å². The van der Waals surface area contributed by atoms with E-state index in [1.807, 2.05) is 14.9 Å². The Hall–Kier alpha value is -0.875. The Bertz CT molecular complexity index is 262. The zero-order valence-electron chi connectivity index (χ0n) is 11.9. The topological polar surface area (TPSA) is 75.4 Å². The Balaban J connectivity index is 4.32. The Kier molecular flexibility index (Phi) is 9.59. The van der Waals surface area contributed by atoms with Crippen molar-refractivity contribution in [2.75, 3.05) is 26.7 Å². The van der Waals surface area contributed by atoms with Crippen molar-refractivity contribution < 1.29 is 9.59 Å². The molecule has 0 unspecified atom stereocenters. The molecule has 0 aliphatic rings. The summed E-state index contributed by atoms with van der Waals surface area (Å²) in [7, 11) is 3.70. The van der Waals surface area contributed by atoms with Gasteiger partial charge in [0, 0.05) is 12.6 Å². The van der Waals surface area contributed by atoms with Crippen molar-refractivity contribution in [2.24, 2.45) is 5.73 Å². The summed E-state index contributed by atoms with van der Waals surface area (Å²) in [4.78, 5) is 24.6. The van der Waals surface area contributed by atoms with E-state index in [0.29, 0.717) is 19.4 Å². The van der Waals surface area contributed by atoms with Crippen LogP contribution in [0.5, 0.6) is 0 Å². The second kappa shape index (κ2) is 10.1. The fourth-order valence-corrected chi connectivity index (χ4v) is 1.87. The van der Waals surface area contributed by atoms with Gasteiger partial charge < -0.3 is 16.0 Å². The lowest BCUT2D eigenvalue weighted by atomic mass is 10.0. The van der Waals surface area contributed by atoms with E-state index in [2.05, 4.69) is 5.32 Å². The van der Waals surface area contributed by atoms with Crippen molar-refractivity contribution in [3.05, 3.63) is 0 Å². The average Bonchev–Trinajstić information content (AvgIpc) is 2.35. The number of likely N-dealkylation sites (N-methyl/N-ethyl adjacent to an activating group) is 1. The largest absolute Gasteiger partial charge is 0.334 e. The molecule has 0 spiro atoms. The Morgan fingerprint density at radius 1 is 1.39 bits per heavy atom. The molecule has 18 heavy (non-hydrogen) atoms. The highest BCUT2D eigenvalue weighted by atomic mass is 16.2. The van der Waals surface area contributed by atoms with Crippen LogP contribution in [0.2, 0.25) is 6.32 Å². The predicted molar refractivity (Wildman–Crippen MR) is 76.4 cm³/mol. The number of carbonyl (C=O) groups is 2. The number of rotatable bonds is 10. The van der Waals surface area contributed by atoms with Gasteiger partial charge in [0.15, 0.2) is 0 Å². The van der Waals surface area contributed by atoms with E-state index in [-0.39, 0.29) is 24.3 Å². The monoisotopic (exact) mass is 255 g/mol. The van der Waals surface area contributed by atoms with Crippen LogP contribution in [-0.4, -0.2) is 57.2 Å². The molecule has 3 N–H and O–H groups in total. The third-order valence-electron chi connectivity index (χ3n) is 2.92. The minimum atomic E-state index is 0.0219. The number of hydrogen-bond donors (Lipinski definition) is 2. The number of amides is 1. The fraction of sp³-hybridized carbons (Fsp3) is 0.833. The summed E-state index contributed by atoms with van der Waals surface area (Å²) in [6.07, 6.45) is 3.44. The molecule has 104 valence electrons. The molecule has 1 atom stereocenters. The van der Waals surface area contributed by atoms with E-state index < -0.39 is 0 Å². The molecule has 0 bridgehead atoms. The maximum atomic E-state index is 11.8. The van der Waals surface area contributed by atoms with E-state index >= 15 is 0 Å². The molecular weight excluding hydrogens is 229 g/mol. The van der Waals surface area contributed by atoms with Gasteiger partial charge in [-0.3, -0.25) is 9.59 Å². The van der Waals surface area contributed by atoms with Crippen LogP contribution in [0.15, 0.2) is 0 Å².